The summed E-state index contributed by atoms with van der Waals surface area (Å²) in [6.07, 6.45) is 2.20. The highest BCUT2D eigenvalue weighted by molar-refractivity contribution is 6.18. The van der Waals surface area contributed by atoms with E-state index in [1.54, 1.807) is 0 Å². The molecule has 0 aromatic rings. The van der Waals surface area contributed by atoms with Crippen LogP contribution in [0.5, 0.6) is 0 Å². The third-order valence-corrected chi connectivity index (χ3v) is 2.93. The molecule has 0 rings (SSSR count). The summed E-state index contributed by atoms with van der Waals surface area (Å²) in [5.74, 6) is 1.34. The van der Waals surface area contributed by atoms with Crippen LogP contribution in [0.1, 0.15) is 33.6 Å². The van der Waals surface area contributed by atoms with Crippen LogP contribution in [0.15, 0.2) is 0 Å². The third-order valence-electron chi connectivity index (χ3n) is 2.59. The summed E-state index contributed by atoms with van der Waals surface area (Å²) in [4.78, 5) is 2.31. The van der Waals surface area contributed by atoms with Crippen LogP contribution in [-0.2, 0) is 4.74 Å². The van der Waals surface area contributed by atoms with Gasteiger partial charge in [0.2, 0.25) is 0 Å². The molecular weight excluding hydrogens is 280 g/mol. The first-order chi connectivity index (χ1) is 7.55. The van der Waals surface area contributed by atoms with E-state index >= 15 is 0 Å². The molecule has 0 aliphatic heterocycles. The maximum absolute atomic E-state index is 5.74. The molecule has 0 saturated carbocycles. The molecular formula is C12H26Cl3NO. The Morgan fingerprint density at radius 3 is 2.00 bits per heavy atom. The van der Waals surface area contributed by atoms with Crippen LogP contribution >= 0.6 is 35.6 Å². The minimum atomic E-state index is -0.0116. The van der Waals surface area contributed by atoms with E-state index < -0.39 is 0 Å². The highest BCUT2D eigenvalue weighted by Crippen LogP contribution is 2.16. The Hall–Kier alpha value is 0.790. The average molecular weight is 307 g/mol. The summed E-state index contributed by atoms with van der Waals surface area (Å²) < 4.78 is 5.66. The molecule has 0 fully saturated rings. The third kappa shape index (κ3) is 11.6. The molecule has 0 spiro atoms. The lowest BCUT2D eigenvalue weighted by atomic mass is 10.0. The van der Waals surface area contributed by atoms with Crippen LogP contribution in [0.25, 0.3) is 0 Å². The first kappa shape index (κ1) is 20.1. The number of alkyl halides is 2. The maximum atomic E-state index is 5.74. The second-order valence-corrected chi connectivity index (χ2v) is 5.27. The largest absolute Gasteiger partial charge is 0.376 e. The monoisotopic (exact) mass is 305 g/mol. The molecule has 0 aliphatic carbocycles. The summed E-state index contributed by atoms with van der Waals surface area (Å²) in [5.41, 5.74) is -0.0116. The topological polar surface area (TPSA) is 12.5 Å². The number of hydrogen-bond acceptors (Lipinski definition) is 2. The summed E-state index contributed by atoms with van der Waals surface area (Å²) in [6.45, 7) is 9.99. The Balaban J connectivity index is 0. The second kappa shape index (κ2) is 11.9. The van der Waals surface area contributed by atoms with Gasteiger partial charge in [-0.15, -0.1) is 35.6 Å². The predicted octanol–water partition coefficient (Wildman–Crippen LogP) is 3.78. The summed E-state index contributed by atoms with van der Waals surface area (Å²) >= 11 is 11.5. The van der Waals surface area contributed by atoms with Gasteiger partial charge in [0.25, 0.3) is 0 Å². The van der Waals surface area contributed by atoms with Crippen molar-refractivity contribution in [3.05, 3.63) is 0 Å². The minimum absolute atomic E-state index is 0. The lowest BCUT2D eigenvalue weighted by Crippen LogP contribution is -2.31. The molecule has 0 aliphatic rings. The van der Waals surface area contributed by atoms with Crippen LogP contribution in [0.4, 0.5) is 0 Å². The molecule has 2 nitrogen and oxygen atoms in total. The van der Waals surface area contributed by atoms with Gasteiger partial charge in [-0.2, -0.15) is 0 Å². The van der Waals surface area contributed by atoms with E-state index in [4.69, 9.17) is 27.9 Å². The lowest BCUT2D eigenvalue weighted by Gasteiger charge is -2.26. The van der Waals surface area contributed by atoms with Crippen LogP contribution in [0.2, 0.25) is 0 Å². The van der Waals surface area contributed by atoms with E-state index in [9.17, 15) is 0 Å². The van der Waals surface area contributed by atoms with Crippen LogP contribution < -0.4 is 0 Å². The number of ether oxygens (including phenoxy) is 1. The van der Waals surface area contributed by atoms with Crippen molar-refractivity contribution >= 4 is 35.6 Å². The SMILES string of the molecule is CCOC(C)(C)CCCN(CCCl)CCCl.Cl. The van der Waals surface area contributed by atoms with Crippen molar-refractivity contribution in [3.8, 4) is 0 Å². The standard InChI is InChI=1S/C12H25Cl2NO.ClH/c1-4-16-12(2,3)6-5-9-15(10-7-13)11-8-14;/h4-11H2,1-3H3;1H. The number of rotatable bonds is 10. The fourth-order valence-corrected chi connectivity index (χ4v) is 2.24. The zero-order valence-corrected chi connectivity index (χ0v) is 13.5. The molecule has 0 atom stereocenters. The Kier molecular flexibility index (Phi) is 14.0. The zero-order valence-electron chi connectivity index (χ0n) is 11.2. The van der Waals surface area contributed by atoms with Gasteiger partial charge in [0.05, 0.1) is 5.60 Å². The Morgan fingerprint density at radius 2 is 1.59 bits per heavy atom. The van der Waals surface area contributed by atoms with Crippen molar-refractivity contribution in [3.63, 3.8) is 0 Å². The molecule has 17 heavy (non-hydrogen) atoms. The molecule has 0 radical (unpaired) electrons. The summed E-state index contributed by atoms with van der Waals surface area (Å²) in [7, 11) is 0. The second-order valence-electron chi connectivity index (χ2n) is 4.52. The fourth-order valence-electron chi connectivity index (χ4n) is 1.77. The molecule has 0 unspecified atom stereocenters. The highest BCUT2D eigenvalue weighted by Gasteiger charge is 2.17. The van der Waals surface area contributed by atoms with Crippen molar-refractivity contribution in [2.45, 2.75) is 39.2 Å². The fraction of sp³-hybridized carbons (Fsp3) is 1.00. The van der Waals surface area contributed by atoms with E-state index in [-0.39, 0.29) is 18.0 Å². The quantitative estimate of drug-likeness (QED) is 0.570. The Morgan fingerprint density at radius 1 is 1.06 bits per heavy atom. The normalized spacial score (nSPS) is 11.6. The summed E-state index contributed by atoms with van der Waals surface area (Å²) in [5, 5.41) is 0. The van der Waals surface area contributed by atoms with Gasteiger partial charge >= 0.3 is 0 Å². The Labute approximate surface area is 122 Å². The molecule has 0 N–H and O–H groups in total. The number of halogens is 3. The van der Waals surface area contributed by atoms with Gasteiger partial charge in [0.15, 0.2) is 0 Å². The molecule has 0 saturated heterocycles. The van der Waals surface area contributed by atoms with Gasteiger partial charge < -0.3 is 9.64 Å². The molecule has 0 heterocycles. The van der Waals surface area contributed by atoms with Crippen molar-refractivity contribution in [2.24, 2.45) is 0 Å². The molecule has 106 valence electrons. The van der Waals surface area contributed by atoms with E-state index in [0.29, 0.717) is 11.8 Å². The van der Waals surface area contributed by atoms with Crippen LogP contribution in [-0.4, -0.2) is 48.5 Å². The van der Waals surface area contributed by atoms with Crippen molar-refractivity contribution in [1.29, 1.82) is 0 Å². The van der Waals surface area contributed by atoms with Crippen molar-refractivity contribution in [1.82, 2.24) is 4.90 Å². The number of nitrogens with zero attached hydrogens (tertiary/aromatic N) is 1. The maximum Gasteiger partial charge on any atom is 0.0626 e. The van der Waals surface area contributed by atoms with Gasteiger partial charge in [0, 0.05) is 31.5 Å². The summed E-state index contributed by atoms with van der Waals surface area (Å²) in [6, 6.07) is 0. The highest BCUT2D eigenvalue weighted by atomic mass is 35.5. The van der Waals surface area contributed by atoms with Crippen molar-refractivity contribution in [2.75, 3.05) is 38.0 Å². The molecule has 5 heteroatoms. The van der Waals surface area contributed by atoms with E-state index in [0.717, 1.165) is 39.1 Å². The Bertz CT molecular complexity index is 162. The van der Waals surface area contributed by atoms with E-state index in [1.165, 1.54) is 0 Å². The van der Waals surface area contributed by atoms with Gasteiger partial charge in [0.1, 0.15) is 0 Å². The van der Waals surface area contributed by atoms with Crippen LogP contribution in [0, 0.1) is 0 Å². The molecule has 0 aromatic heterocycles. The van der Waals surface area contributed by atoms with E-state index in [1.807, 2.05) is 6.92 Å². The lowest BCUT2D eigenvalue weighted by molar-refractivity contribution is -0.0187. The average Bonchev–Trinajstić information content (AvgIpc) is 2.18. The number of hydrogen-bond donors (Lipinski definition) is 0. The van der Waals surface area contributed by atoms with Gasteiger partial charge in [-0.3, -0.25) is 0 Å². The van der Waals surface area contributed by atoms with E-state index in [2.05, 4.69) is 18.7 Å². The van der Waals surface area contributed by atoms with Crippen molar-refractivity contribution < 1.29 is 4.74 Å². The molecule has 0 amide bonds. The predicted molar refractivity (Wildman–Crippen MR) is 80.1 cm³/mol. The molecule has 0 bridgehead atoms. The first-order valence-corrected chi connectivity index (χ1v) is 7.11. The first-order valence-electron chi connectivity index (χ1n) is 6.04. The smallest absolute Gasteiger partial charge is 0.0626 e. The minimum Gasteiger partial charge on any atom is -0.376 e. The van der Waals surface area contributed by atoms with Gasteiger partial charge in [-0.1, -0.05) is 0 Å². The van der Waals surface area contributed by atoms with Gasteiger partial charge in [-0.05, 0) is 40.2 Å². The molecule has 0 aromatic carbocycles. The zero-order chi connectivity index (χ0) is 12.4. The van der Waals surface area contributed by atoms with Gasteiger partial charge in [-0.25, -0.2) is 0 Å². The van der Waals surface area contributed by atoms with Crippen LogP contribution in [0.3, 0.4) is 0 Å².